The number of rotatable bonds is 20. The summed E-state index contributed by atoms with van der Waals surface area (Å²) in [6.07, 6.45) is -0.695. The summed E-state index contributed by atoms with van der Waals surface area (Å²) in [5, 5.41) is 33.0. The molecule has 11 nitrogen and oxygen atoms in total. The molecule has 0 aliphatic heterocycles. The SMILES string of the molecule is CC(C)C(CC(O)C(COCc1ccccc1)NC(=O)c1cc(C#N)cc(C(=O)NCCc2ccccc2)c1)C(=O)NC(C(=O)NCc1ccccc1)C(C)C. The third-order valence-electron chi connectivity index (χ3n) is 9.51. The number of amides is 4. The molecule has 0 spiro atoms. The molecule has 0 fully saturated rings. The van der Waals surface area contributed by atoms with Crippen LogP contribution in [0.15, 0.2) is 109 Å². The van der Waals surface area contributed by atoms with E-state index in [2.05, 4.69) is 21.3 Å². The monoisotopic (exact) mass is 759 g/mol. The second-order valence-corrected chi connectivity index (χ2v) is 14.6. The van der Waals surface area contributed by atoms with Crippen molar-refractivity contribution < 1.29 is 29.0 Å². The zero-order valence-electron chi connectivity index (χ0n) is 32.5. The first kappa shape index (κ1) is 42.9. The minimum Gasteiger partial charge on any atom is -0.391 e. The first-order chi connectivity index (χ1) is 26.9. The number of nitriles is 1. The van der Waals surface area contributed by atoms with E-state index in [1.54, 1.807) is 0 Å². The van der Waals surface area contributed by atoms with Crippen molar-refractivity contribution in [2.24, 2.45) is 17.8 Å². The second kappa shape index (κ2) is 21.9. The summed E-state index contributed by atoms with van der Waals surface area (Å²) in [5.41, 5.74) is 3.19. The van der Waals surface area contributed by atoms with Gasteiger partial charge in [-0.15, -0.1) is 0 Å². The van der Waals surface area contributed by atoms with Crippen LogP contribution in [0.25, 0.3) is 0 Å². The second-order valence-electron chi connectivity index (χ2n) is 14.6. The largest absolute Gasteiger partial charge is 0.391 e. The van der Waals surface area contributed by atoms with Gasteiger partial charge < -0.3 is 31.1 Å². The van der Waals surface area contributed by atoms with Crippen molar-refractivity contribution in [1.29, 1.82) is 5.26 Å². The van der Waals surface area contributed by atoms with E-state index in [0.717, 1.165) is 16.7 Å². The Morgan fingerprint density at radius 2 is 1.27 bits per heavy atom. The predicted molar refractivity (Wildman–Crippen MR) is 215 cm³/mol. The van der Waals surface area contributed by atoms with E-state index in [1.807, 2.05) is 125 Å². The highest BCUT2D eigenvalue weighted by molar-refractivity contribution is 6.00. The molecule has 0 heterocycles. The highest BCUT2D eigenvalue weighted by Gasteiger charge is 2.33. The predicted octanol–water partition coefficient (Wildman–Crippen LogP) is 5.33. The lowest BCUT2D eigenvalue weighted by molar-refractivity contribution is -0.134. The van der Waals surface area contributed by atoms with Gasteiger partial charge in [-0.05, 0) is 59.6 Å². The third kappa shape index (κ3) is 13.5. The number of hydrogen-bond donors (Lipinski definition) is 5. The van der Waals surface area contributed by atoms with Crippen molar-refractivity contribution in [2.45, 2.75) is 71.9 Å². The van der Waals surface area contributed by atoms with Gasteiger partial charge in [0.1, 0.15) is 6.04 Å². The molecule has 4 aromatic rings. The van der Waals surface area contributed by atoms with Gasteiger partial charge in [-0.2, -0.15) is 5.26 Å². The molecule has 56 heavy (non-hydrogen) atoms. The molecule has 11 heteroatoms. The normalized spacial score (nSPS) is 13.2. The van der Waals surface area contributed by atoms with Crippen molar-refractivity contribution in [2.75, 3.05) is 13.2 Å². The lowest BCUT2D eigenvalue weighted by Crippen LogP contribution is -2.53. The van der Waals surface area contributed by atoms with E-state index in [9.17, 15) is 29.5 Å². The van der Waals surface area contributed by atoms with Gasteiger partial charge in [0.05, 0.1) is 37.0 Å². The summed E-state index contributed by atoms with van der Waals surface area (Å²) in [6, 6.07) is 33.0. The van der Waals surface area contributed by atoms with E-state index >= 15 is 0 Å². The van der Waals surface area contributed by atoms with Gasteiger partial charge in [-0.3, -0.25) is 19.2 Å². The van der Waals surface area contributed by atoms with Gasteiger partial charge in [0.2, 0.25) is 11.8 Å². The van der Waals surface area contributed by atoms with Gasteiger partial charge in [-0.1, -0.05) is 119 Å². The fourth-order valence-corrected chi connectivity index (χ4v) is 6.20. The van der Waals surface area contributed by atoms with Crippen molar-refractivity contribution >= 4 is 23.6 Å². The number of ether oxygens (including phenoxy) is 1. The molecule has 0 aliphatic rings. The van der Waals surface area contributed by atoms with Crippen molar-refractivity contribution in [3.8, 4) is 6.07 Å². The van der Waals surface area contributed by atoms with Gasteiger partial charge >= 0.3 is 0 Å². The molecule has 0 radical (unpaired) electrons. The van der Waals surface area contributed by atoms with Crippen LogP contribution in [0.1, 0.15) is 77.1 Å². The van der Waals surface area contributed by atoms with E-state index in [1.165, 1.54) is 18.2 Å². The molecule has 4 amide bonds. The molecule has 5 N–H and O–H groups in total. The summed E-state index contributed by atoms with van der Waals surface area (Å²) >= 11 is 0. The smallest absolute Gasteiger partial charge is 0.251 e. The zero-order chi connectivity index (χ0) is 40.5. The quantitative estimate of drug-likeness (QED) is 0.0812. The average molecular weight is 760 g/mol. The number of nitrogens with one attached hydrogen (secondary N) is 4. The van der Waals surface area contributed by atoms with E-state index in [0.29, 0.717) is 19.5 Å². The molecule has 0 saturated carbocycles. The van der Waals surface area contributed by atoms with Crippen LogP contribution in [0.4, 0.5) is 0 Å². The molecule has 4 rings (SSSR count). The first-order valence-corrected chi connectivity index (χ1v) is 19.0. The molecular weight excluding hydrogens is 707 g/mol. The Morgan fingerprint density at radius 3 is 1.84 bits per heavy atom. The van der Waals surface area contributed by atoms with Gasteiger partial charge in [0, 0.05) is 30.1 Å². The molecule has 4 unspecified atom stereocenters. The number of benzene rings is 4. The maximum absolute atomic E-state index is 13.8. The van der Waals surface area contributed by atoms with Gasteiger partial charge in [-0.25, -0.2) is 0 Å². The van der Waals surface area contributed by atoms with Crippen LogP contribution in [0.5, 0.6) is 0 Å². The molecule has 4 aromatic carbocycles. The molecular formula is C45H53N5O6. The standard InChI is InChI=1S/C45H53N5O6/c1-30(2)38(44(54)50-41(31(3)4)45(55)48-27-33-16-10-6-11-17-33)25-40(51)39(29-56-28-34-18-12-7-13-19-34)49-43(53)37-23-35(26-46)22-36(24-37)42(52)47-21-20-32-14-8-5-9-15-32/h5-19,22-24,30-31,38-41,51H,20-21,25,27-29H2,1-4H3,(H,47,52)(H,48,55)(H,49,53)(H,50,54). The van der Waals surface area contributed by atoms with E-state index in [-0.39, 0.29) is 54.1 Å². The molecule has 294 valence electrons. The maximum atomic E-state index is 13.8. The van der Waals surface area contributed by atoms with Crippen molar-refractivity contribution in [3.05, 3.63) is 143 Å². The van der Waals surface area contributed by atoms with Crippen LogP contribution in [-0.2, 0) is 33.9 Å². The molecule has 0 aromatic heterocycles. The highest BCUT2D eigenvalue weighted by Crippen LogP contribution is 2.21. The molecule has 0 saturated heterocycles. The van der Waals surface area contributed by atoms with Crippen LogP contribution in [0.3, 0.4) is 0 Å². The number of carbonyl (C=O) groups is 4. The van der Waals surface area contributed by atoms with Gasteiger partial charge in [0.25, 0.3) is 11.8 Å². The van der Waals surface area contributed by atoms with Crippen molar-refractivity contribution in [1.82, 2.24) is 21.3 Å². The summed E-state index contributed by atoms with van der Waals surface area (Å²) in [7, 11) is 0. The summed E-state index contributed by atoms with van der Waals surface area (Å²) in [5.74, 6) is -2.96. The minimum atomic E-state index is -1.25. The average Bonchev–Trinajstić information content (AvgIpc) is 3.21. The Bertz CT molecular complexity index is 1910. The topological polar surface area (TPSA) is 170 Å². The number of carbonyl (C=O) groups excluding carboxylic acids is 4. The van der Waals surface area contributed by atoms with Crippen LogP contribution in [-0.4, -0.2) is 60.1 Å². The van der Waals surface area contributed by atoms with E-state index in [4.69, 9.17) is 4.74 Å². The minimum absolute atomic E-state index is 0.0487. The Balaban J connectivity index is 1.48. The van der Waals surface area contributed by atoms with Crippen LogP contribution in [0, 0.1) is 29.1 Å². The number of aliphatic hydroxyl groups is 1. The lowest BCUT2D eigenvalue weighted by Gasteiger charge is -2.30. The molecule has 0 bridgehead atoms. The van der Waals surface area contributed by atoms with E-state index < -0.39 is 41.8 Å². The Morgan fingerprint density at radius 1 is 0.696 bits per heavy atom. The third-order valence-corrected chi connectivity index (χ3v) is 9.51. The van der Waals surface area contributed by atoms with Crippen LogP contribution < -0.4 is 21.3 Å². The number of nitrogens with zero attached hydrogens (tertiary/aromatic N) is 1. The summed E-state index contributed by atoms with van der Waals surface area (Å²) in [4.78, 5) is 54.0. The van der Waals surface area contributed by atoms with Crippen LogP contribution in [0.2, 0.25) is 0 Å². The number of aliphatic hydroxyl groups excluding tert-OH is 1. The first-order valence-electron chi connectivity index (χ1n) is 19.0. The van der Waals surface area contributed by atoms with Crippen LogP contribution >= 0.6 is 0 Å². The fraction of sp³-hybridized carbons (Fsp3) is 0.356. The van der Waals surface area contributed by atoms with Crippen molar-refractivity contribution in [3.63, 3.8) is 0 Å². The molecule has 0 aliphatic carbocycles. The fourth-order valence-electron chi connectivity index (χ4n) is 6.20. The number of hydrogen-bond acceptors (Lipinski definition) is 7. The highest BCUT2D eigenvalue weighted by atomic mass is 16.5. The summed E-state index contributed by atoms with van der Waals surface area (Å²) < 4.78 is 5.98. The Kier molecular flexibility index (Phi) is 16.8. The lowest BCUT2D eigenvalue weighted by atomic mass is 9.86. The molecule has 4 atom stereocenters. The Labute approximate surface area is 329 Å². The summed E-state index contributed by atoms with van der Waals surface area (Å²) in [6.45, 7) is 8.19. The Hall–Kier alpha value is -5.83. The zero-order valence-corrected chi connectivity index (χ0v) is 32.5. The maximum Gasteiger partial charge on any atom is 0.251 e. The van der Waals surface area contributed by atoms with Gasteiger partial charge in [0.15, 0.2) is 0 Å².